The SMILES string of the molecule is Cc1cncc(C=Nc2ccccc2O[SiH](C)C)n1. The van der Waals surface area contributed by atoms with Crippen LogP contribution in [0, 0.1) is 6.92 Å². The molecule has 19 heavy (non-hydrogen) atoms. The van der Waals surface area contributed by atoms with E-state index in [1.807, 2.05) is 31.2 Å². The Kier molecular flexibility index (Phi) is 4.41. The molecule has 4 nitrogen and oxygen atoms in total. The minimum absolute atomic E-state index is 0.747. The van der Waals surface area contributed by atoms with E-state index in [1.165, 1.54) is 0 Å². The lowest BCUT2D eigenvalue weighted by Gasteiger charge is -2.11. The largest absolute Gasteiger partial charge is 0.546 e. The van der Waals surface area contributed by atoms with Gasteiger partial charge in [0.15, 0.2) is 0 Å². The number of rotatable bonds is 4. The van der Waals surface area contributed by atoms with Crippen molar-refractivity contribution in [3.8, 4) is 5.75 Å². The van der Waals surface area contributed by atoms with Gasteiger partial charge in [0, 0.05) is 6.20 Å². The second-order valence-electron chi connectivity index (χ2n) is 4.48. The van der Waals surface area contributed by atoms with Crippen molar-refractivity contribution in [2.75, 3.05) is 0 Å². The van der Waals surface area contributed by atoms with Crippen molar-refractivity contribution in [3.63, 3.8) is 0 Å². The molecule has 0 N–H and O–H groups in total. The molecule has 0 aliphatic rings. The molecule has 0 saturated carbocycles. The highest BCUT2D eigenvalue weighted by atomic mass is 28.3. The Bertz CT molecular complexity index is 584. The summed E-state index contributed by atoms with van der Waals surface area (Å²) in [6, 6.07) is 7.79. The quantitative estimate of drug-likeness (QED) is 0.634. The maximum Gasteiger partial charge on any atom is 0.229 e. The van der Waals surface area contributed by atoms with Crippen LogP contribution in [0.1, 0.15) is 11.4 Å². The molecule has 2 aromatic rings. The van der Waals surface area contributed by atoms with Crippen LogP contribution in [0.3, 0.4) is 0 Å². The second kappa shape index (κ2) is 6.24. The van der Waals surface area contributed by atoms with Crippen LogP contribution in [0.25, 0.3) is 0 Å². The topological polar surface area (TPSA) is 47.4 Å². The lowest BCUT2D eigenvalue weighted by atomic mass is 10.3. The van der Waals surface area contributed by atoms with Crippen molar-refractivity contribution >= 4 is 20.9 Å². The fraction of sp³-hybridized carbons (Fsp3) is 0.214. The normalized spacial score (nSPS) is 11.2. The van der Waals surface area contributed by atoms with Crippen molar-refractivity contribution in [1.82, 2.24) is 9.97 Å². The molecule has 98 valence electrons. The molecule has 1 aromatic carbocycles. The van der Waals surface area contributed by atoms with Crippen LogP contribution >= 0.6 is 0 Å². The number of hydrogen-bond donors (Lipinski definition) is 0. The van der Waals surface area contributed by atoms with Gasteiger partial charge in [-0.25, -0.2) is 4.98 Å². The lowest BCUT2D eigenvalue weighted by molar-refractivity contribution is 0.582. The molecule has 0 aliphatic heterocycles. The molecule has 5 heteroatoms. The van der Waals surface area contributed by atoms with Crippen LogP contribution in [0.2, 0.25) is 13.1 Å². The average Bonchev–Trinajstić information content (AvgIpc) is 2.37. The first-order valence-electron chi connectivity index (χ1n) is 6.23. The molecule has 0 atom stereocenters. The number of hydrogen-bond acceptors (Lipinski definition) is 4. The van der Waals surface area contributed by atoms with E-state index in [9.17, 15) is 0 Å². The zero-order chi connectivity index (χ0) is 13.7. The molecular weight excluding hydrogens is 254 g/mol. The minimum Gasteiger partial charge on any atom is -0.546 e. The highest BCUT2D eigenvalue weighted by molar-refractivity contribution is 6.49. The standard InChI is InChI=1S/C14H17N3OSi/c1-11-8-15-9-12(17-11)10-16-13-6-4-5-7-14(13)18-19(2)3/h4-10,19H,1-3H3. The van der Waals surface area contributed by atoms with Crippen LogP contribution in [0.4, 0.5) is 5.69 Å². The Hall–Kier alpha value is -2.01. The third-order valence-electron chi connectivity index (χ3n) is 2.34. The van der Waals surface area contributed by atoms with E-state index in [1.54, 1.807) is 18.6 Å². The molecule has 0 radical (unpaired) electrons. The Balaban J connectivity index is 2.23. The van der Waals surface area contributed by atoms with Gasteiger partial charge in [0.1, 0.15) is 11.4 Å². The summed E-state index contributed by atoms with van der Waals surface area (Å²) >= 11 is 0. The molecule has 1 heterocycles. The Labute approximate surface area is 114 Å². The molecule has 0 unspecified atom stereocenters. The molecule has 0 fully saturated rings. The number of nitrogens with zero attached hydrogens (tertiary/aromatic N) is 3. The van der Waals surface area contributed by atoms with Crippen molar-refractivity contribution in [2.45, 2.75) is 20.0 Å². The van der Waals surface area contributed by atoms with Gasteiger partial charge in [-0.15, -0.1) is 0 Å². The molecule has 2 rings (SSSR count). The van der Waals surface area contributed by atoms with Gasteiger partial charge in [-0.2, -0.15) is 0 Å². The van der Waals surface area contributed by atoms with E-state index in [-0.39, 0.29) is 0 Å². The molecular formula is C14H17N3OSi. The van der Waals surface area contributed by atoms with Gasteiger partial charge in [0.25, 0.3) is 0 Å². The third-order valence-corrected chi connectivity index (χ3v) is 3.06. The van der Waals surface area contributed by atoms with E-state index in [0.717, 1.165) is 22.8 Å². The van der Waals surface area contributed by atoms with Gasteiger partial charge >= 0.3 is 0 Å². The van der Waals surface area contributed by atoms with Gasteiger partial charge in [-0.3, -0.25) is 9.98 Å². The summed E-state index contributed by atoms with van der Waals surface area (Å²) in [5.74, 6) is 0.834. The smallest absolute Gasteiger partial charge is 0.229 e. The zero-order valence-corrected chi connectivity index (χ0v) is 12.5. The Morgan fingerprint density at radius 2 is 2.00 bits per heavy atom. The highest BCUT2D eigenvalue weighted by Gasteiger charge is 2.03. The molecule has 1 aromatic heterocycles. The first-order valence-corrected chi connectivity index (χ1v) is 9.01. The van der Waals surface area contributed by atoms with E-state index >= 15 is 0 Å². The first kappa shape index (κ1) is 13.4. The van der Waals surface area contributed by atoms with Gasteiger partial charge in [-0.05, 0) is 32.2 Å². The molecule has 0 bridgehead atoms. The minimum atomic E-state index is -1.13. The summed E-state index contributed by atoms with van der Waals surface area (Å²) in [4.78, 5) is 12.9. The molecule has 0 saturated heterocycles. The maximum atomic E-state index is 5.85. The zero-order valence-electron chi connectivity index (χ0n) is 11.4. The number of aromatic nitrogens is 2. The van der Waals surface area contributed by atoms with E-state index in [2.05, 4.69) is 28.1 Å². The van der Waals surface area contributed by atoms with E-state index in [0.29, 0.717) is 0 Å². The predicted molar refractivity (Wildman–Crippen MR) is 80.0 cm³/mol. The van der Waals surface area contributed by atoms with Gasteiger partial charge in [0.05, 0.1) is 23.8 Å². The predicted octanol–water partition coefficient (Wildman–Crippen LogP) is 2.90. The Morgan fingerprint density at radius 1 is 1.21 bits per heavy atom. The van der Waals surface area contributed by atoms with Crippen LogP contribution in [-0.4, -0.2) is 25.2 Å². The van der Waals surface area contributed by atoms with Crippen LogP contribution in [-0.2, 0) is 0 Å². The van der Waals surface area contributed by atoms with E-state index in [4.69, 9.17) is 4.43 Å². The van der Waals surface area contributed by atoms with Gasteiger partial charge < -0.3 is 4.43 Å². The number of benzene rings is 1. The Morgan fingerprint density at radius 3 is 2.74 bits per heavy atom. The summed E-state index contributed by atoms with van der Waals surface area (Å²) in [5, 5.41) is 0. The maximum absolute atomic E-state index is 5.85. The van der Waals surface area contributed by atoms with Crippen molar-refractivity contribution in [1.29, 1.82) is 0 Å². The molecule has 0 amide bonds. The number of aliphatic imine (C=N–C) groups is 1. The van der Waals surface area contributed by atoms with Crippen LogP contribution in [0.15, 0.2) is 41.7 Å². The summed E-state index contributed by atoms with van der Waals surface area (Å²) in [7, 11) is -1.13. The fourth-order valence-corrected chi connectivity index (χ4v) is 2.31. The lowest BCUT2D eigenvalue weighted by Crippen LogP contribution is -2.11. The number of para-hydroxylation sites is 2. The summed E-state index contributed by atoms with van der Waals surface area (Å²) in [6.45, 7) is 6.17. The molecule has 0 spiro atoms. The highest BCUT2D eigenvalue weighted by Crippen LogP contribution is 2.27. The monoisotopic (exact) mass is 271 g/mol. The van der Waals surface area contributed by atoms with E-state index < -0.39 is 9.04 Å². The van der Waals surface area contributed by atoms with Crippen LogP contribution < -0.4 is 4.43 Å². The number of aryl methyl sites for hydroxylation is 1. The van der Waals surface area contributed by atoms with Gasteiger partial charge in [0.2, 0.25) is 9.04 Å². The third kappa shape index (κ3) is 3.99. The van der Waals surface area contributed by atoms with Crippen molar-refractivity contribution < 1.29 is 4.43 Å². The summed E-state index contributed by atoms with van der Waals surface area (Å²) in [5.41, 5.74) is 2.45. The first-order chi connectivity index (χ1) is 9.15. The molecule has 0 aliphatic carbocycles. The second-order valence-corrected chi connectivity index (χ2v) is 6.81. The van der Waals surface area contributed by atoms with Gasteiger partial charge in [-0.1, -0.05) is 12.1 Å². The summed E-state index contributed by atoms with van der Waals surface area (Å²) < 4.78 is 5.85. The van der Waals surface area contributed by atoms with Crippen molar-refractivity contribution in [3.05, 3.63) is 48.0 Å². The average molecular weight is 271 g/mol. The fourth-order valence-electron chi connectivity index (χ4n) is 1.60. The van der Waals surface area contributed by atoms with Crippen LogP contribution in [0.5, 0.6) is 5.75 Å². The summed E-state index contributed by atoms with van der Waals surface area (Å²) in [6.07, 6.45) is 5.13. The van der Waals surface area contributed by atoms with Crippen molar-refractivity contribution in [2.24, 2.45) is 4.99 Å².